The summed E-state index contributed by atoms with van der Waals surface area (Å²) in [6.07, 6.45) is 0.117. The van der Waals surface area contributed by atoms with Gasteiger partial charge in [0, 0.05) is 13.1 Å². The molecule has 1 aromatic rings. The lowest BCUT2D eigenvalue weighted by molar-refractivity contribution is -0.00540. The molecule has 1 fully saturated rings. The lowest BCUT2D eigenvalue weighted by atomic mass is 10.1. The number of hydrogen-bond donors (Lipinski definition) is 0. The van der Waals surface area contributed by atoms with E-state index in [0.717, 1.165) is 0 Å². The Bertz CT molecular complexity index is 468. The van der Waals surface area contributed by atoms with Gasteiger partial charge >= 0.3 is 5.97 Å². The minimum atomic E-state index is -0.533. The van der Waals surface area contributed by atoms with Crippen molar-refractivity contribution in [3.8, 4) is 0 Å². The third-order valence-corrected chi connectivity index (χ3v) is 3.13. The van der Waals surface area contributed by atoms with Gasteiger partial charge in [-0.15, -0.1) is 0 Å². The second kappa shape index (κ2) is 5.57. The summed E-state index contributed by atoms with van der Waals surface area (Å²) in [5.41, 5.74) is 0.716. The van der Waals surface area contributed by atoms with E-state index in [-0.39, 0.29) is 17.8 Å². The molecule has 0 radical (unpaired) electrons. The first-order valence-corrected chi connectivity index (χ1v) is 6.29. The molecule has 0 unspecified atom stereocenters. The van der Waals surface area contributed by atoms with Gasteiger partial charge < -0.3 is 14.4 Å². The smallest absolute Gasteiger partial charge is 0.337 e. The topological polar surface area (TPSA) is 38.8 Å². The molecule has 2 rings (SSSR count). The average molecular weight is 267 g/mol. The second-order valence-electron chi connectivity index (χ2n) is 4.82. The maximum absolute atomic E-state index is 14.1. The Balaban J connectivity index is 2.23. The molecule has 1 saturated heterocycles. The molecule has 0 N–H and O–H groups in total. The Kier molecular flexibility index (Phi) is 4.04. The summed E-state index contributed by atoms with van der Waals surface area (Å²) in [5, 5.41) is 0. The van der Waals surface area contributed by atoms with Crippen LogP contribution in [0, 0.1) is 5.82 Å². The molecule has 1 aromatic carbocycles. The van der Waals surface area contributed by atoms with E-state index in [2.05, 4.69) is 4.74 Å². The monoisotopic (exact) mass is 267 g/mol. The van der Waals surface area contributed by atoms with E-state index in [4.69, 9.17) is 4.74 Å². The van der Waals surface area contributed by atoms with Crippen LogP contribution in [0.1, 0.15) is 24.2 Å². The van der Waals surface area contributed by atoms with Gasteiger partial charge in [0.05, 0.1) is 30.6 Å². The number of carbonyl (C=O) groups excluding carboxylic acids is 1. The summed E-state index contributed by atoms with van der Waals surface area (Å²) in [6.45, 7) is 5.20. The maximum Gasteiger partial charge on any atom is 0.337 e. The minimum Gasteiger partial charge on any atom is -0.465 e. The molecule has 1 heterocycles. The summed E-state index contributed by atoms with van der Waals surface area (Å²) in [6, 6.07) is 4.41. The van der Waals surface area contributed by atoms with Crippen molar-refractivity contribution in [1.82, 2.24) is 0 Å². The van der Waals surface area contributed by atoms with E-state index >= 15 is 0 Å². The highest BCUT2D eigenvalue weighted by molar-refractivity contribution is 5.89. The Labute approximate surface area is 112 Å². The van der Waals surface area contributed by atoms with E-state index in [1.807, 2.05) is 18.7 Å². The largest absolute Gasteiger partial charge is 0.465 e. The number of ether oxygens (including phenoxy) is 2. The van der Waals surface area contributed by atoms with Crippen molar-refractivity contribution in [2.24, 2.45) is 0 Å². The number of rotatable bonds is 2. The molecule has 1 aliphatic heterocycles. The highest BCUT2D eigenvalue weighted by atomic mass is 19.1. The molecule has 0 aliphatic carbocycles. The van der Waals surface area contributed by atoms with Gasteiger partial charge in [-0.2, -0.15) is 0 Å². The van der Waals surface area contributed by atoms with Crippen LogP contribution >= 0.6 is 0 Å². The number of methoxy groups -OCH3 is 1. The lowest BCUT2D eigenvalue weighted by Gasteiger charge is -2.37. The van der Waals surface area contributed by atoms with Crippen LogP contribution < -0.4 is 4.90 Å². The van der Waals surface area contributed by atoms with Crippen molar-refractivity contribution in [2.75, 3.05) is 25.1 Å². The standard InChI is InChI=1S/C14H18FNO3/c1-9-7-16(8-10(2)19-9)13-5-4-11(6-12(13)15)14(17)18-3/h4-6,9-10H,7-8H2,1-3H3/t9-,10+. The number of benzene rings is 1. The van der Waals surface area contributed by atoms with Gasteiger partial charge in [0.2, 0.25) is 0 Å². The molecule has 4 nitrogen and oxygen atoms in total. The zero-order valence-electron chi connectivity index (χ0n) is 11.4. The van der Waals surface area contributed by atoms with E-state index in [9.17, 15) is 9.18 Å². The van der Waals surface area contributed by atoms with Crippen molar-refractivity contribution >= 4 is 11.7 Å². The fourth-order valence-electron chi connectivity index (χ4n) is 2.38. The number of nitrogens with zero attached hydrogens (tertiary/aromatic N) is 1. The van der Waals surface area contributed by atoms with Gasteiger partial charge in [-0.05, 0) is 32.0 Å². The summed E-state index contributed by atoms with van der Waals surface area (Å²) in [7, 11) is 1.28. The Hall–Kier alpha value is -1.62. The molecule has 0 spiro atoms. The number of morpholine rings is 1. The van der Waals surface area contributed by atoms with Gasteiger partial charge in [0.15, 0.2) is 0 Å². The van der Waals surface area contributed by atoms with Crippen LogP contribution in [-0.2, 0) is 9.47 Å². The molecule has 5 heteroatoms. The zero-order valence-corrected chi connectivity index (χ0v) is 11.4. The third-order valence-electron chi connectivity index (χ3n) is 3.13. The predicted molar refractivity (Wildman–Crippen MR) is 70.0 cm³/mol. The van der Waals surface area contributed by atoms with Gasteiger partial charge in [0.25, 0.3) is 0 Å². The summed E-state index contributed by atoms with van der Waals surface area (Å²) >= 11 is 0. The SMILES string of the molecule is COC(=O)c1ccc(N2C[C@@H](C)O[C@@H](C)C2)c(F)c1. The summed E-state index contributed by atoms with van der Waals surface area (Å²) in [4.78, 5) is 13.3. The Morgan fingerprint density at radius 1 is 1.37 bits per heavy atom. The highest BCUT2D eigenvalue weighted by Crippen LogP contribution is 2.24. The fourth-order valence-corrected chi connectivity index (χ4v) is 2.38. The second-order valence-corrected chi connectivity index (χ2v) is 4.82. The quantitative estimate of drug-likeness (QED) is 0.770. The first-order valence-electron chi connectivity index (χ1n) is 6.29. The van der Waals surface area contributed by atoms with Crippen LogP contribution in [0.4, 0.5) is 10.1 Å². The lowest BCUT2D eigenvalue weighted by Crippen LogP contribution is -2.45. The predicted octanol–water partition coefficient (Wildman–Crippen LogP) is 2.23. The Morgan fingerprint density at radius 3 is 2.53 bits per heavy atom. The van der Waals surface area contributed by atoms with Crippen LogP contribution in [-0.4, -0.2) is 38.4 Å². The van der Waals surface area contributed by atoms with Crippen molar-refractivity contribution in [2.45, 2.75) is 26.1 Å². The molecule has 1 aliphatic rings. The normalized spacial score (nSPS) is 23.3. The molecule has 0 bridgehead atoms. The fraction of sp³-hybridized carbons (Fsp3) is 0.500. The van der Waals surface area contributed by atoms with Crippen molar-refractivity contribution in [3.05, 3.63) is 29.6 Å². The van der Waals surface area contributed by atoms with Gasteiger partial charge in [0.1, 0.15) is 5.82 Å². The molecular weight excluding hydrogens is 249 g/mol. The van der Waals surface area contributed by atoms with Crippen LogP contribution in [0.3, 0.4) is 0 Å². The average Bonchev–Trinajstić information content (AvgIpc) is 2.36. The zero-order chi connectivity index (χ0) is 14.0. The van der Waals surface area contributed by atoms with E-state index in [1.54, 1.807) is 12.1 Å². The van der Waals surface area contributed by atoms with E-state index in [1.165, 1.54) is 13.2 Å². The van der Waals surface area contributed by atoms with Crippen molar-refractivity contribution in [3.63, 3.8) is 0 Å². The molecule has 0 aromatic heterocycles. The van der Waals surface area contributed by atoms with Gasteiger partial charge in [-0.3, -0.25) is 0 Å². The maximum atomic E-state index is 14.1. The summed E-state index contributed by atoms with van der Waals surface area (Å²) in [5.74, 6) is -0.946. The number of hydrogen-bond acceptors (Lipinski definition) is 4. The molecule has 0 amide bonds. The van der Waals surface area contributed by atoms with E-state index < -0.39 is 11.8 Å². The van der Waals surface area contributed by atoms with Gasteiger partial charge in [-0.1, -0.05) is 0 Å². The molecule has 104 valence electrons. The first kappa shape index (κ1) is 13.8. The van der Waals surface area contributed by atoms with Crippen molar-refractivity contribution < 1.29 is 18.7 Å². The Morgan fingerprint density at radius 2 is 2.00 bits per heavy atom. The summed E-state index contributed by atoms with van der Waals surface area (Å²) < 4.78 is 24.3. The van der Waals surface area contributed by atoms with Crippen LogP contribution in [0.25, 0.3) is 0 Å². The molecule has 2 atom stereocenters. The molecule has 0 saturated carbocycles. The number of anilines is 1. The highest BCUT2D eigenvalue weighted by Gasteiger charge is 2.24. The third kappa shape index (κ3) is 3.04. The van der Waals surface area contributed by atoms with Gasteiger partial charge in [-0.25, -0.2) is 9.18 Å². The van der Waals surface area contributed by atoms with Crippen LogP contribution in [0.15, 0.2) is 18.2 Å². The van der Waals surface area contributed by atoms with Crippen LogP contribution in [0.2, 0.25) is 0 Å². The number of carbonyl (C=O) groups is 1. The number of esters is 1. The molecular formula is C14H18FNO3. The van der Waals surface area contributed by atoms with Crippen molar-refractivity contribution in [1.29, 1.82) is 0 Å². The number of halogens is 1. The molecule has 19 heavy (non-hydrogen) atoms. The van der Waals surface area contributed by atoms with E-state index in [0.29, 0.717) is 18.8 Å². The first-order chi connectivity index (χ1) is 9.01. The van der Waals surface area contributed by atoms with Crippen LogP contribution in [0.5, 0.6) is 0 Å². The minimum absolute atomic E-state index is 0.0587.